The molecule has 0 aromatic heterocycles. The standard InChI is InChI=1S/C9H17O/c1-3-8(10)9(2)6-4-5-7-9/h8,10H,2-7H2,1H3. The number of hydrogen-bond acceptors (Lipinski definition) is 1. The van der Waals surface area contributed by atoms with Gasteiger partial charge in [-0.25, -0.2) is 0 Å². The molecule has 1 N–H and O–H groups in total. The van der Waals surface area contributed by atoms with Crippen LogP contribution in [0.4, 0.5) is 0 Å². The van der Waals surface area contributed by atoms with Gasteiger partial charge in [-0.2, -0.15) is 0 Å². The largest absolute Gasteiger partial charge is 0.393 e. The second kappa shape index (κ2) is 2.91. The van der Waals surface area contributed by atoms with Crippen molar-refractivity contribution >= 4 is 0 Å². The first-order valence-electron chi connectivity index (χ1n) is 4.22. The van der Waals surface area contributed by atoms with Gasteiger partial charge < -0.3 is 5.11 Å². The molecule has 0 heterocycles. The molecule has 0 saturated heterocycles. The molecular formula is C9H17O. The molecule has 10 heavy (non-hydrogen) atoms. The molecule has 1 unspecified atom stereocenters. The fourth-order valence-electron chi connectivity index (χ4n) is 1.85. The van der Waals surface area contributed by atoms with Crippen molar-refractivity contribution in [3.8, 4) is 0 Å². The smallest absolute Gasteiger partial charge is 0.0593 e. The Labute approximate surface area is 63.4 Å². The Kier molecular flexibility index (Phi) is 2.35. The third kappa shape index (κ3) is 1.34. The average molecular weight is 141 g/mol. The van der Waals surface area contributed by atoms with Gasteiger partial charge in [-0.05, 0) is 31.6 Å². The molecule has 1 radical (unpaired) electrons. The molecule has 1 heteroatoms. The zero-order chi connectivity index (χ0) is 7.61. The Morgan fingerprint density at radius 1 is 1.50 bits per heavy atom. The van der Waals surface area contributed by atoms with Gasteiger partial charge in [-0.1, -0.05) is 19.8 Å². The molecule has 0 aliphatic heterocycles. The van der Waals surface area contributed by atoms with E-state index in [2.05, 4.69) is 6.92 Å². The minimum atomic E-state index is -0.171. The second-order valence-corrected chi connectivity index (χ2v) is 3.49. The summed E-state index contributed by atoms with van der Waals surface area (Å²) in [6, 6.07) is 0. The van der Waals surface area contributed by atoms with Crippen LogP contribution in [-0.4, -0.2) is 11.2 Å². The quantitative estimate of drug-likeness (QED) is 0.624. The lowest BCUT2D eigenvalue weighted by atomic mass is 9.81. The van der Waals surface area contributed by atoms with E-state index in [0.717, 1.165) is 19.3 Å². The van der Waals surface area contributed by atoms with E-state index in [9.17, 15) is 5.11 Å². The van der Waals surface area contributed by atoms with E-state index in [1.807, 2.05) is 6.92 Å². The summed E-state index contributed by atoms with van der Waals surface area (Å²) >= 11 is 0. The van der Waals surface area contributed by atoms with Crippen LogP contribution in [0.1, 0.15) is 39.0 Å². The molecule has 1 aliphatic rings. The highest BCUT2D eigenvalue weighted by molar-refractivity contribution is 4.91. The molecule has 0 amide bonds. The Hall–Kier alpha value is -0.0400. The lowest BCUT2D eigenvalue weighted by molar-refractivity contribution is 0.0573. The Balaban J connectivity index is 2.49. The summed E-state index contributed by atoms with van der Waals surface area (Å²) < 4.78 is 0. The van der Waals surface area contributed by atoms with E-state index < -0.39 is 0 Å². The molecule has 1 fully saturated rings. The minimum absolute atomic E-state index is 0.00868. The number of rotatable bonds is 2. The third-order valence-electron chi connectivity index (χ3n) is 2.69. The van der Waals surface area contributed by atoms with Crippen LogP contribution in [0.2, 0.25) is 0 Å². The molecule has 59 valence electrons. The molecule has 0 spiro atoms. The highest BCUT2D eigenvalue weighted by Gasteiger charge is 2.34. The fourth-order valence-corrected chi connectivity index (χ4v) is 1.85. The number of hydrogen-bond donors (Lipinski definition) is 1. The second-order valence-electron chi connectivity index (χ2n) is 3.49. The zero-order valence-electron chi connectivity index (χ0n) is 6.77. The summed E-state index contributed by atoms with van der Waals surface area (Å²) in [6.45, 7) is 6.11. The van der Waals surface area contributed by atoms with Crippen LogP contribution < -0.4 is 0 Å². The van der Waals surface area contributed by atoms with Gasteiger partial charge in [0, 0.05) is 0 Å². The summed E-state index contributed by atoms with van der Waals surface area (Å²) in [7, 11) is 0. The van der Waals surface area contributed by atoms with Crippen molar-refractivity contribution in [1.29, 1.82) is 0 Å². The maximum Gasteiger partial charge on any atom is 0.0593 e. The summed E-state index contributed by atoms with van der Waals surface area (Å²) in [5, 5.41) is 9.55. The van der Waals surface area contributed by atoms with Crippen molar-refractivity contribution in [1.82, 2.24) is 0 Å². The molecule has 1 nitrogen and oxygen atoms in total. The average Bonchev–Trinajstić information content (AvgIpc) is 2.36. The van der Waals surface area contributed by atoms with Crippen LogP contribution in [0.5, 0.6) is 0 Å². The maximum absolute atomic E-state index is 9.55. The zero-order valence-corrected chi connectivity index (χ0v) is 6.77. The highest BCUT2D eigenvalue weighted by atomic mass is 16.3. The predicted molar refractivity (Wildman–Crippen MR) is 42.6 cm³/mol. The first-order chi connectivity index (χ1) is 4.69. The van der Waals surface area contributed by atoms with E-state index in [1.54, 1.807) is 0 Å². The molecule has 0 bridgehead atoms. The molecule has 0 aromatic carbocycles. The highest BCUT2D eigenvalue weighted by Crippen LogP contribution is 2.40. The minimum Gasteiger partial charge on any atom is -0.393 e. The van der Waals surface area contributed by atoms with Gasteiger partial charge in [0.15, 0.2) is 0 Å². The molecule has 1 atom stereocenters. The van der Waals surface area contributed by atoms with Crippen LogP contribution in [0.15, 0.2) is 0 Å². The SMILES string of the molecule is [CH2]C1(C(O)CC)CCCC1. The molecular weight excluding hydrogens is 124 g/mol. The van der Waals surface area contributed by atoms with Crippen LogP contribution in [0, 0.1) is 12.3 Å². The first kappa shape index (κ1) is 8.06. The van der Waals surface area contributed by atoms with Crippen molar-refractivity contribution < 1.29 is 5.11 Å². The van der Waals surface area contributed by atoms with Gasteiger partial charge in [-0.3, -0.25) is 0 Å². The summed E-state index contributed by atoms with van der Waals surface area (Å²) in [5.74, 6) is 0. The van der Waals surface area contributed by atoms with Crippen molar-refractivity contribution in [2.75, 3.05) is 0 Å². The summed E-state index contributed by atoms with van der Waals surface area (Å²) in [5.41, 5.74) is 0.00868. The van der Waals surface area contributed by atoms with Crippen molar-refractivity contribution in [2.45, 2.75) is 45.1 Å². The Bertz CT molecular complexity index is 103. The lowest BCUT2D eigenvalue weighted by Crippen LogP contribution is -2.28. The van der Waals surface area contributed by atoms with Gasteiger partial charge in [0.05, 0.1) is 6.10 Å². The van der Waals surface area contributed by atoms with E-state index in [0.29, 0.717) is 0 Å². The van der Waals surface area contributed by atoms with Crippen LogP contribution in [-0.2, 0) is 0 Å². The Morgan fingerprint density at radius 3 is 2.40 bits per heavy atom. The number of aliphatic hydroxyl groups is 1. The van der Waals surface area contributed by atoms with Crippen molar-refractivity contribution in [3.05, 3.63) is 6.92 Å². The fraction of sp³-hybridized carbons (Fsp3) is 0.889. The van der Waals surface area contributed by atoms with E-state index >= 15 is 0 Å². The number of aliphatic hydroxyl groups excluding tert-OH is 1. The van der Waals surface area contributed by atoms with Gasteiger partial charge in [0.1, 0.15) is 0 Å². The van der Waals surface area contributed by atoms with Crippen LogP contribution in [0.25, 0.3) is 0 Å². The Morgan fingerprint density at radius 2 is 2.00 bits per heavy atom. The molecule has 0 aromatic rings. The predicted octanol–water partition coefficient (Wildman–Crippen LogP) is 2.15. The van der Waals surface area contributed by atoms with Gasteiger partial charge in [-0.15, -0.1) is 0 Å². The van der Waals surface area contributed by atoms with Gasteiger partial charge in [0.25, 0.3) is 0 Å². The molecule has 1 rings (SSSR count). The summed E-state index contributed by atoms with van der Waals surface area (Å²) in [4.78, 5) is 0. The van der Waals surface area contributed by atoms with Crippen LogP contribution >= 0.6 is 0 Å². The van der Waals surface area contributed by atoms with Crippen molar-refractivity contribution in [3.63, 3.8) is 0 Å². The van der Waals surface area contributed by atoms with E-state index in [4.69, 9.17) is 0 Å². The lowest BCUT2D eigenvalue weighted by Gasteiger charge is -2.28. The topological polar surface area (TPSA) is 20.2 Å². The van der Waals surface area contributed by atoms with Gasteiger partial charge in [0.2, 0.25) is 0 Å². The van der Waals surface area contributed by atoms with E-state index in [-0.39, 0.29) is 11.5 Å². The first-order valence-corrected chi connectivity index (χ1v) is 4.22. The molecule has 1 saturated carbocycles. The van der Waals surface area contributed by atoms with Gasteiger partial charge >= 0.3 is 0 Å². The monoisotopic (exact) mass is 141 g/mol. The summed E-state index contributed by atoms with van der Waals surface area (Å²) in [6.07, 6.45) is 5.41. The van der Waals surface area contributed by atoms with E-state index in [1.165, 1.54) is 12.8 Å². The van der Waals surface area contributed by atoms with Crippen molar-refractivity contribution in [2.24, 2.45) is 5.41 Å². The third-order valence-corrected chi connectivity index (χ3v) is 2.69. The normalized spacial score (nSPS) is 26.7. The van der Waals surface area contributed by atoms with Crippen LogP contribution in [0.3, 0.4) is 0 Å². The maximum atomic E-state index is 9.55. The molecule has 1 aliphatic carbocycles.